The zero-order valence-corrected chi connectivity index (χ0v) is 9.94. The molecule has 1 atom stereocenters. The first-order valence-electron chi connectivity index (χ1n) is 4.82. The van der Waals surface area contributed by atoms with Gasteiger partial charge in [-0.1, -0.05) is 26.8 Å². The van der Waals surface area contributed by atoms with Crippen molar-refractivity contribution in [3.05, 3.63) is 12.7 Å². The lowest BCUT2D eigenvalue weighted by molar-refractivity contribution is 0.0691. The van der Waals surface area contributed by atoms with Crippen molar-refractivity contribution in [2.45, 2.75) is 27.2 Å². The average Bonchev–Trinajstić information content (AvgIpc) is 2.02. The van der Waals surface area contributed by atoms with Gasteiger partial charge in [0.2, 0.25) is 0 Å². The quantitative estimate of drug-likeness (QED) is 0.395. The normalized spacial score (nSPS) is 14.2. The molecule has 1 nitrogen and oxygen atoms in total. The van der Waals surface area contributed by atoms with Crippen molar-refractivity contribution in [2.24, 2.45) is 11.3 Å². The Bertz CT molecular complexity index is 138. The van der Waals surface area contributed by atoms with E-state index in [4.69, 9.17) is 4.74 Å². The van der Waals surface area contributed by atoms with Gasteiger partial charge in [-0.3, -0.25) is 0 Å². The topological polar surface area (TPSA) is 9.23 Å². The first-order valence-corrected chi connectivity index (χ1v) is 5.45. The summed E-state index contributed by atoms with van der Waals surface area (Å²) in [6.45, 7) is 11.9. The Hall–Kier alpha value is 0.0500. The summed E-state index contributed by atoms with van der Waals surface area (Å²) in [5, 5.41) is 0. The SMILES string of the molecule is C=CCCOCC(CS)C(C)(C)C. The summed E-state index contributed by atoms with van der Waals surface area (Å²) < 4.78 is 5.53. The Kier molecular flexibility index (Phi) is 6.52. The van der Waals surface area contributed by atoms with Gasteiger partial charge in [0.15, 0.2) is 0 Å². The largest absolute Gasteiger partial charge is 0.381 e. The van der Waals surface area contributed by atoms with Gasteiger partial charge < -0.3 is 4.74 Å². The van der Waals surface area contributed by atoms with Gasteiger partial charge >= 0.3 is 0 Å². The summed E-state index contributed by atoms with van der Waals surface area (Å²) in [4.78, 5) is 0. The van der Waals surface area contributed by atoms with Gasteiger partial charge in [-0.25, -0.2) is 0 Å². The second-order valence-electron chi connectivity index (χ2n) is 4.40. The third-order valence-electron chi connectivity index (χ3n) is 2.23. The molecule has 0 aromatic carbocycles. The first-order chi connectivity index (χ1) is 6.02. The molecule has 0 aromatic heterocycles. The molecule has 0 radical (unpaired) electrons. The smallest absolute Gasteiger partial charge is 0.0507 e. The summed E-state index contributed by atoms with van der Waals surface area (Å²) >= 11 is 4.33. The van der Waals surface area contributed by atoms with Crippen LogP contribution in [0.3, 0.4) is 0 Å². The van der Waals surface area contributed by atoms with Crippen molar-refractivity contribution in [2.75, 3.05) is 19.0 Å². The summed E-state index contributed by atoms with van der Waals surface area (Å²) in [6, 6.07) is 0. The number of rotatable bonds is 6. The van der Waals surface area contributed by atoms with E-state index in [9.17, 15) is 0 Å². The van der Waals surface area contributed by atoms with E-state index in [1.807, 2.05) is 6.08 Å². The van der Waals surface area contributed by atoms with E-state index in [0.29, 0.717) is 5.92 Å². The Morgan fingerprint density at radius 3 is 2.46 bits per heavy atom. The van der Waals surface area contributed by atoms with E-state index >= 15 is 0 Å². The lowest BCUT2D eigenvalue weighted by Crippen LogP contribution is -2.26. The van der Waals surface area contributed by atoms with Crippen molar-refractivity contribution in [1.82, 2.24) is 0 Å². The van der Waals surface area contributed by atoms with E-state index in [2.05, 4.69) is 40.0 Å². The summed E-state index contributed by atoms with van der Waals surface area (Å²) in [6.07, 6.45) is 2.82. The maximum absolute atomic E-state index is 5.53. The van der Waals surface area contributed by atoms with E-state index in [-0.39, 0.29) is 5.41 Å². The van der Waals surface area contributed by atoms with Gasteiger partial charge in [-0.05, 0) is 23.5 Å². The molecule has 0 aliphatic rings. The minimum atomic E-state index is 0.288. The number of hydrogen-bond acceptors (Lipinski definition) is 2. The molecular weight excluding hydrogens is 180 g/mol. The van der Waals surface area contributed by atoms with Crippen LogP contribution in [0, 0.1) is 11.3 Å². The van der Waals surface area contributed by atoms with Crippen LogP contribution in [0.25, 0.3) is 0 Å². The molecule has 0 saturated carbocycles. The van der Waals surface area contributed by atoms with Gasteiger partial charge in [0.25, 0.3) is 0 Å². The van der Waals surface area contributed by atoms with Crippen molar-refractivity contribution in [3.63, 3.8) is 0 Å². The molecule has 0 rings (SSSR count). The molecule has 0 aliphatic carbocycles. The van der Waals surface area contributed by atoms with Crippen LogP contribution in [0.15, 0.2) is 12.7 Å². The number of hydrogen-bond donors (Lipinski definition) is 1. The van der Waals surface area contributed by atoms with E-state index < -0.39 is 0 Å². The van der Waals surface area contributed by atoms with Crippen LogP contribution in [0.2, 0.25) is 0 Å². The molecule has 0 amide bonds. The first kappa shape index (κ1) is 13.1. The number of ether oxygens (including phenoxy) is 1. The molecule has 0 N–H and O–H groups in total. The third kappa shape index (κ3) is 6.17. The summed E-state index contributed by atoms with van der Waals surface area (Å²) in [7, 11) is 0. The van der Waals surface area contributed by atoms with Crippen molar-refractivity contribution in [1.29, 1.82) is 0 Å². The Morgan fingerprint density at radius 2 is 2.08 bits per heavy atom. The summed E-state index contributed by atoms with van der Waals surface area (Å²) in [5.41, 5.74) is 0.288. The van der Waals surface area contributed by atoms with Crippen LogP contribution in [0.5, 0.6) is 0 Å². The number of thiol groups is 1. The highest BCUT2D eigenvalue weighted by Gasteiger charge is 2.22. The monoisotopic (exact) mass is 202 g/mol. The van der Waals surface area contributed by atoms with Crippen LogP contribution < -0.4 is 0 Å². The lowest BCUT2D eigenvalue weighted by Gasteiger charge is -2.29. The molecule has 0 aliphatic heterocycles. The van der Waals surface area contributed by atoms with E-state index in [0.717, 1.165) is 25.4 Å². The van der Waals surface area contributed by atoms with Crippen LogP contribution in [0.4, 0.5) is 0 Å². The van der Waals surface area contributed by atoms with Crippen LogP contribution in [-0.2, 0) is 4.74 Å². The zero-order valence-electron chi connectivity index (χ0n) is 9.05. The van der Waals surface area contributed by atoms with Crippen LogP contribution in [-0.4, -0.2) is 19.0 Å². The highest BCUT2D eigenvalue weighted by atomic mass is 32.1. The average molecular weight is 202 g/mol. The van der Waals surface area contributed by atoms with Gasteiger partial charge in [0, 0.05) is 0 Å². The van der Waals surface area contributed by atoms with Crippen LogP contribution in [0.1, 0.15) is 27.2 Å². The minimum Gasteiger partial charge on any atom is -0.381 e. The van der Waals surface area contributed by atoms with Gasteiger partial charge in [-0.15, -0.1) is 6.58 Å². The molecule has 13 heavy (non-hydrogen) atoms. The van der Waals surface area contributed by atoms with E-state index in [1.54, 1.807) is 0 Å². The fourth-order valence-electron chi connectivity index (χ4n) is 0.969. The Morgan fingerprint density at radius 1 is 1.46 bits per heavy atom. The van der Waals surface area contributed by atoms with Gasteiger partial charge in [-0.2, -0.15) is 12.6 Å². The highest BCUT2D eigenvalue weighted by molar-refractivity contribution is 7.80. The van der Waals surface area contributed by atoms with E-state index in [1.165, 1.54) is 0 Å². The Balaban J connectivity index is 3.66. The fraction of sp³-hybridized carbons (Fsp3) is 0.818. The van der Waals surface area contributed by atoms with Crippen molar-refractivity contribution >= 4 is 12.6 Å². The van der Waals surface area contributed by atoms with Gasteiger partial charge in [0.1, 0.15) is 0 Å². The molecule has 0 saturated heterocycles. The summed E-state index contributed by atoms with van der Waals surface area (Å²) in [5.74, 6) is 1.41. The molecule has 78 valence electrons. The molecule has 0 bridgehead atoms. The third-order valence-corrected chi connectivity index (χ3v) is 2.67. The maximum Gasteiger partial charge on any atom is 0.0507 e. The Labute approximate surface area is 88.0 Å². The maximum atomic E-state index is 5.53. The molecule has 0 spiro atoms. The second-order valence-corrected chi connectivity index (χ2v) is 4.76. The fourth-order valence-corrected chi connectivity index (χ4v) is 1.62. The van der Waals surface area contributed by atoms with Crippen molar-refractivity contribution < 1.29 is 4.74 Å². The molecular formula is C11H22OS. The highest BCUT2D eigenvalue weighted by Crippen LogP contribution is 2.26. The predicted molar refractivity (Wildman–Crippen MR) is 62.4 cm³/mol. The predicted octanol–water partition coefficient (Wildman–Crippen LogP) is 3.17. The van der Waals surface area contributed by atoms with Gasteiger partial charge in [0.05, 0.1) is 13.2 Å². The molecule has 1 unspecified atom stereocenters. The lowest BCUT2D eigenvalue weighted by atomic mass is 9.82. The molecule has 2 heteroatoms. The molecule has 0 heterocycles. The standard InChI is InChI=1S/C11H22OS/c1-5-6-7-12-8-10(9-13)11(2,3)4/h5,10,13H,1,6-9H2,2-4H3. The van der Waals surface area contributed by atoms with Crippen molar-refractivity contribution in [3.8, 4) is 0 Å². The molecule has 0 fully saturated rings. The minimum absolute atomic E-state index is 0.288. The zero-order chi connectivity index (χ0) is 10.3. The second kappa shape index (κ2) is 6.50. The molecule has 0 aromatic rings. The van der Waals surface area contributed by atoms with Crippen LogP contribution >= 0.6 is 12.6 Å².